The molecule has 0 saturated heterocycles. The maximum absolute atomic E-state index is 11.7. The average molecular weight is 300 g/mol. The minimum Gasteiger partial charge on any atom is -0.462 e. The van der Waals surface area contributed by atoms with Gasteiger partial charge in [-0.3, -0.25) is 10.1 Å². The number of thiocarbonyl (C=S) groups is 1. The Bertz CT molecular complexity index is 647. The van der Waals surface area contributed by atoms with Gasteiger partial charge in [-0.25, -0.2) is 0 Å². The third-order valence-corrected chi connectivity index (χ3v) is 2.94. The fraction of sp³-hybridized carbons (Fsp3) is 0.125. The highest BCUT2D eigenvalue weighted by atomic mass is 32.1. The SMILES string of the molecule is Cc1ccc(C=CC(=O)NC(=S)NCc2ccccc2)o1. The van der Waals surface area contributed by atoms with Crippen molar-refractivity contribution in [3.63, 3.8) is 0 Å². The van der Waals surface area contributed by atoms with Crippen molar-refractivity contribution in [2.75, 3.05) is 0 Å². The zero-order chi connectivity index (χ0) is 15.1. The van der Waals surface area contributed by atoms with Gasteiger partial charge >= 0.3 is 0 Å². The van der Waals surface area contributed by atoms with Crippen LogP contribution in [0.3, 0.4) is 0 Å². The van der Waals surface area contributed by atoms with Gasteiger partial charge in [0.15, 0.2) is 5.11 Å². The zero-order valence-corrected chi connectivity index (χ0v) is 12.4. The number of carbonyl (C=O) groups excluding carboxylic acids is 1. The molecule has 0 aliphatic heterocycles. The highest BCUT2D eigenvalue weighted by Crippen LogP contribution is 2.07. The molecule has 0 aliphatic rings. The van der Waals surface area contributed by atoms with Crippen LogP contribution in [-0.2, 0) is 11.3 Å². The van der Waals surface area contributed by atoms with Gasteiger partial charge in [0.1, 0.15) is 11.5 Å². The first-order chi connectivity index (χ1) is 10.1. The standard InChI is InChI=1S/C16H16N2O2S/c1-12-7-8-14(20-12)9-10-15(19)18-16(21)17-11-13-5-3-2-4-6-13/h2-10H,11H2,1H3,(H2,17,18,19,21). The van der Waals surface area contributed by atoms with Crippen molar-refractivity contribution in [3.8, 4) is 0 Å². The predicted octanol–water partition coefficient (Wildman–Crippen LogP) is 2.79. The highest BCUT2D eigenvalue weighted by molar-refractivity contribution is 7.80. The molecule has 0 aliphatic carbocycles. The van der Waals surface area contributed by atoms with E-state index in [2.05, 4.69) is 10.6 Å². The molecule has 2 rings (SSSR count). The summed E-state index contributed by atoms with van der Waals surface area (Å²) in [5, 5.41) is 5.85. The average Bonchev–Trinajstić information content (AvgIpc) is 2.90. The lowest BCUT2D eigenvalue weighted by atomic mass is 10.2. The summed E-state index contributed by atoms with van der Waals surface area (Å²) in [5.41, 5.74) is 1.09. The van der Waals surface area contributed by atoms with Crippen LogP contribution < -0.4 is 10.6 Å². The quantitative estimate of drug-likeness (QED) is 0.673. The number of amides is 1. The van der Waals surface area contributed by atoms with Crippen molar-refractivity contribution < 1.29 is 9.21 Å². The van der Waals surface area contributed by atoms with Gasteiger partial charge in [-0.05, 0) is 42.9 Å². The van der Waals surface area contributed by atoms with Gasteiger partial charge in [-0.15, -0.1) is 0 Å². The molecule has 0 radical (unpaired) electrons. The maximum Gasteiger partial charge on any atom is 0.250 e. The lowest BCUT2D eigenvalue weighted by Crippen LogP contribution is -2.37. The second kappa shape index (κ2) is 7.40. The van der Waals surface area contributed by atoms with Crippen molar-refractivity contribution in [2.45, 2.75) is 13.5 Å². The van der Waals surface area contributed by atoms with Crippen LogP contribution >= 0.6 is 12.2 Å². The van der Waals surface area contributed by atoms with Crippen LogP contribution in [0.15, 0.2) is 53.0 Å². The first-order valence-corrected chi connectivity index (χ1v) is 6.91. The van der Waals surface area contributed by atoms with Gasteiger partial charge in [0.2, 0.25) is 5.91 Å². The number of aryl methyl sites for hydroxylation is 1. The molecule has 2 aromatic rings. The molecule has 21 heavy (non-hydrogen) atoms. The number of carbonyl (C=O) groups is 1. The molecule has 0 unspecified atom stereocenters. The summed E-state index contributed by atoms with van der Waals surface area (Å²) < 4.78 is 5.33. The molecule has 108 valence electrons. The van der Waals surface area contributed by atoms with Gasteiger partial charge in [0, 0.05) is 12.6 Å². The van der Waals surface area contributed by atoms with Gasteiger partial charge in [0.05, 0.1) is 0 Å². The largest absolute Gasteiger partial charge is 0.462 e. The van der Waals surface area contributed by atoms with Gasteiger partial charge in [-0.1, -0.05) is 30.3 Å². The molecule has 2 N–H and O–H groups in total. The van der Waals surface area contributed by atoms with E-state index in [-0.39, 0.29) is 5.91 Å². The molecule has 1 aromatic carbocycles. The molecule has 1 aromatic heterocycles. The molecule has 5 heteroatoms. The van der Waals surface area contributed by atoms with Crippen LogP contribution in [0.2, 0.25) is 0 Å². The van der Waals surface area contributed by atoms with Crippen molar-refractivity contribution in [2.24, 2.45) is 0 Å². The van der Waals surface area contributed by atoms with Crippen LogP contribution in [0.1, 0.15) is 17.1 Å². The normalized spacial score (nSPS) is 10.5. The Kier molecular flexibility index (Phi) is 5.29. The monoisotopic (exact) mass is 300 g/mol. The summed E-state index contributed by atoms with van der Waals surface area (Å²) in [6.07, 6.45) is 2.98. The van der Waals surface area contributed by atoms with Crippen LogP contribution in [0.25, 0.3) is 6.08 Å². The van der Waals surface area contributed by atoms with Gasteiger partial charge in [0.25, 0.3) is 0 Å². The maximum atomic E-state index is 11.7. The minimum atomic E-state index is -0.297. The molecule has 1 amide bonds. The summed E-state index contributed by atoms with van der Waals surface area (Å²) in [7, 11) is 0. The molecule has 0 spiro atoms. The fourth-order valence-corrected chi connectivity index (χ4v) is 1.85. The Morgan fingerprint density at radius 1 is 1.24 bits per heavy atom. The van der Waals surface area contributed by atoms with Crippen LogP contribution in [0.5, 0.6) is 0 Å². The summed E-state index contributed by atoms with van der Waals surface area (Å²) in [5.74, 6) is 1.13. The first kappa shape index (κ1) is 15.0. The Balaban J connectivity index is 1.77. The Morgan fingerprint density at radius 3 is 2.67 bits per heavy atom. The molecular formula is C16H16N2O2S. The number of hydrogen-bond donors (Lipinski definition) is 2. The van der Waals surface area contributed by atoms with Crippen molar-refractivity contribution in [3.05, 3.63) is 65.6 Å². The minimum absolute atomic E-state index is 0.295. The van der Waals surface area contributed by atoms with Crippen molar-refractivity contribution >= 4 is 29.3 Å². The van der Waals surface area contributed by atoms with E-state index in [0.29, 0.717) is 17.4 Å². The predicted molar refractivity (Wildman–Crippen MR) is 86.5 cm³/mol. The summed E-state index contributed by atoms with van der Waals surface area (Å²) in [6, 6.07) is 13.5. The lowest BCUT2D eigenvalue weighted by molar-refractivity contribution is -0.115. The van der Waals surface area contributed by atoms with Crippen LogP contribution in [0, 0.1) is 6.92 Å². The number of benzene rings is 1. The highest BCUT2D eigenvalue weighted by Gasteiger charge is 2.01. The summed E-state index contributed by atoms with van der Waals surface area (Å²) in [6.45, 7) is 2.42. The third kappa shape index (κ3) is 5.24. The second-order valence-electron chi connectivity index (χ2n) is 4.44. The van der Waals surface area contributed by atoms with E-state index in [0.717, 1.165) is 11.3 Å². The molecule has 1 heterocycles. The molecule has 0 saturated carbocycles. The lowest BCUT2D eigenvalue weighted by Gasteiger charge is -2.07. The van der Waals surface area contributed by atoms with E-state index in [4.69, 9.17) is 16.6 Å². The zero-order valence-electron chi connectivity index (χ0n) is 11.6. The van der Waals surface area contributed by atoms with Gasteiger partial charge < -0.3 is 9.73 Å². The van der Waals surface area contributed by atoms with Crippen LogP contribution in [-0.4, -0.2) is 11.0 Å². The summed E-state index contributed by atoms with van der Waals surface area (Å²) in [4.78, 5) is 11.7. The van der Waals surface area contributed by atoms with Gasteiger partial charge in [-0.2, -0.15) is 0 Å². The number of furan rings is 1. The van der Waals surface area contributed by atoms with Crippen molar-refractivity contribution in [1.82, 2.24) is 10.6 Å². The Morgan fingerprint density at radius 2 is 2.00 bits per heavy atom. The Labute approximate surface area is 128 Å². The van der Waals surface area contributed by atoms with Crippen molar-refractivity contribution in [1.29, 1.82) is 0 Å². The van der Waals surface area contributed by atoms with E-state index in [1.807, 2.05) is 43.3 Å². The number of nitrogens with one attached hydrogen (secondary N) is 2. The molecular weight excluding hydrogens is 284 g/mol. The third-order valence-electron chi connectivity index (χ3n) is 2.69. The molecule has 0 atom stereocenters. The molecule has 0 fully saturated rings. The van der Waals surface area contributed by atoms with E-state index < -0.39 is 0 Å². The van der Waals surface area contributed by atoms with E-state index in [1.165, 1.54) is 6.08 Å². The topological polar surface area (TPSA) is 54.3 Å². The van der Waals surface area contributed by atoms with E-state index in [9.17, 15) is 4.79 Å². The number of hydrogen-bond acceptors (Lipinski definition) is 3. The van der Waals surface area contributed by atoms with E-state index >= 15 is 0 Å². The first-order valence-electron chi connectivity index (χ1n) is 6.51. The fourth-order valence-electron chi connectivity index (χ4n) is 1.68. The second-order valence-corrected chi connectivity index (χ2v) is 4.85. The van der Waals surface area contributed by atoms with E-state index in [1.54, 1.807) is 12.1 Å². The molecule has 4 nitrogen and oxygen atoms in total. The summed E-state index contributed by atoms with van der Waals surface area (Å²) >= 11 is 5.06. The number of rotatable bonds is 4. The smallest absolute Gasteiger partial charge is 0.250 e. The van der Waals surface area contributed by atoms with Crippen LogP contribution in [0.4, 0.5) is 0 Å². The molecule has 0 bridgehead atoms. The Hall–Kier alpha value is -2.40.